The van der Waals surface area contributed by atoms with Crippen LogP contribution in [-0.2, 0) is 6.42 Å². The first-order valence-corrected chi connectivity index (χ1v) is 7.49. The van der Waals surface area contributed by atoms with Crippen LogP contribution < -0.4 is 4.74 Å². The molecule has 0 fully saturated rings. The molecule has 0 spiro atoms. The fraction of sp³-hybridized carbons (Fsp3) is 0.571. The van der Waals surface area contributed by atoms with E-state index in [-0.39, 0.29) is 0 Å². The Morgan fingerprint density at radius 2 is 2.15 bits per heavy atom. The van der Waals surface area contributed by atoms with Gasteiger partial charge in [-0.2, -0.15) is 0 Å². The first-order valence-electron chi connectivity index (χ1n) is 6.70. The molecule has 0 atom stereocenters. The molecule has 0 amide bonds. The average Bonchev–Trinajstić information content (AvgIpc) is 2.41. The summed E-state index contributed by atoms with van der Waals surface area (Å²) < 4.78 is 6.72. The van der Waals surface area contributed by atoms with Crippen molar-refractivity contribution in [1.82, 2.24) is 4.90 Å². The minimum atomic E-state index is 0.539. The Kier molecular flexibility index (Phi) is 8.11. The molecular formula is C14H21BrN4O. The number of azide groups is 1. The zero-order valence-electron chi connectivity index (χ0n) is 12.0. The lowest BCUT2D eigenvalue weighted by Crippen LogP contribution is -2.15. The van der Waals surface area contributed by atoms with Gasteiger partial charge in [0, 0.05) is 18.0 Å². The lowest BCUT2D eigenvalue weighted by molar-refractivity contribution is 0.280. The Morgan fingerprint density at radius 3 is 2.80 bits per heavy atom. The largest absolute Gasteiger partial charge is 0.492 e. The molecule has 6 heteroatoms. The quantitative estimate of drug-likeness (QED) is 0.295. The molecule has 0 saturated carbocycles. The highest BCUT2D eigenvalue weighted by molar-refractivity contribution is 9.10. The second-order valence-corrected chi connectivity index (χ2v) is 5.68. The van der Waals surface area contributed by atoms with Crippen LogP contribution in [-0.4, -0.2) is 38.7 Å². The number of benzene rings is 1. The van der Waals surface area contributed by atoms with Crippen molar-refractivity contribution >= 4 is 15.9 Å². The number of nitrogens with zero attached hydrogens (tertiary/aromatic N) is 4. The van der Waals surface area contributed by atoms with Crippen LogP contribution in [0.2, 0.25) is 0 Å². The molecule has 0 aliphatic heterocycles. The second kappa shape index (κ2) is 9.64. The topological polar surface area (TPSA) is 61.2 Å². The van der Waals surface area contributed by atoms with Crippen molar-refractivity contribution in [2.24, 2.45) is 5.11 Å². The highest BCUT2D eigenvalue weighted by Gasteiger charge is 2.03. The van der Waals surface area contributed by atoms with Crippen molar-refractivity contribution in [1.29, 1.82) is 0 Å². The van der Waals surface area contributed by atoms with Gasteiger partial charge in [-0.3, -0.25) is 0 Å². The third kappa shape index (κ3) is 6.80. The van der Waals surface area contributed by atoms with E-state index in [1.54, 1.807) is 0 Å². The molecule has 1 aromatic rings. The summed E-state index contributed by atoms with van der Waals surface area (Å²) in [5.74, 6) is 0.877. The molecule has 0 radical (unpaired) electrons. The molecule has 0 saturated heterocycles. The Balaban J connectivity index is 2.40. The molecule has 0 heterocycles. The first kappa shape index (κ1) is 16.8. The molecule has 0 unspecified atom stereocenters. The Hall–Kier alpha value is -1.23. The van der Waals surface area contributed by atoms with Gasteiger partial charge in [0.05, 0.1) is 11.1 Å². The molecule has 0 N–H and O–H groups in total. The van der Waals surface area contributed by atoms with Crippen molar-refractivity contribution in [2.75, 3.05) is 33.8 Å². The maximum atomic E-state index is 8.21. The average molecular weight is 341 g/mol. The van der Waals surface area contributed by atoms with Crippen LogP contribution >= 0.6 is 15.9 Å². The normalized spacial score (nSPS) is 10.4. The molecule has 20 heavy (non-hydrogen) atoms. The number of halogens is 1. The first-order chi connectivity index (χ1) is 9.63. The lowest BCUT2D eigenvalue weighted by Gasteiger charge is -2.12. The number of hydrogen-bond donors (Lipinski definition) is 0. The molecule has 0 bridgehead atoms. The molecule has 0 aliphatic carbocycles. The minimum Gasteiger partial charge on any atom is -0.492 e. The van der Waals surface area contributed by atoms with E-state index in [9.17, 15) is 0 Å². The van der Waals surface area contributed by atoms with E-state index in [1.807, 2.05) is 6.07 Å². The van der Waals surface area contributed by atoms with Crippen molar-refractivity contribution < 1.29 is 4.74 Å². The van der Waals surface area contributed by atoms with Gasteiger partial charge >= 0.3 is 0 Å². The third-order valence-corrected chi connectivity index (χ3v) is 3.41. The van der Waals surface area contributed by atoms with Crippen LogP contribution in [0.15, 0.2) is 27.8 Å². The zero-order valence-corrected chi connectivity index (χ0v) is 13.6. The molecule has 1 rings (SSSR count). The summed E-state index contributed by atoms with van der Waals surface area (Å²) in [7, 11) is 4.11. The number of hydrogen-bond acceptors (Lipinski definition) is 3. The van der Waals surface area contributed by atoms with E-state index in [0.717, 1.165) is 36.0 Å². The summed E-state index contributed by atoms with van der Waals surface area (Å²) in [6.07, 6.45) is 2.77. The molecule has 0 aromatic heterocycles. The van der Waals surface area contributed by atoms with E-state index >= 15 is 0 Å². The molecule has 0 aliphatic rings. The van der Waals surface area contributed by atoms with Crippen molar-refractivity contribution in [3.8, 4) is 5.75 Å². The predicted molar refractivity (Wildman–Crippen MR) is 85.1 cm³/mol. The maximum Gasteiger partial charge on any atom is 0.133 e. The van der Waals surface area contributed by atoms with Gasteiger partial charge in [-0.25, -0.2) is 0 Å². The third-order valence-electron chi connectivity index (χ3n) is 2.79. The monoisotopic (exact) mass is 340 g/mol. The van der Waals surface area contributed by atoms with E-state index < -0.39 is 0 Å². The van der Waals surface area contributed by atoms with Crippen LogP contribution in [0.3, 0.4) is 0 Å². The van der Waals surface area contributed by atoms with Gasteiger partial charge in [0.15, 0.2) is 0 Å². The fourth-order valence-corrected chi connectivity index (χ4v) is 2.32. The van der Waals surface area contributed by atoms with Crippen LogP contribution in [0.1, 0.15) is 18.4 Å². The van der Waals surface area contributed by atoms with Crippen LogP contribution in [0.25, 0.3) is 10.4 Å². The molecule has 5 nitrogen and oxygen atoms in total. The van der Waals surface area contributed by atoms with Crippen LogP contribution in [0.4, 0.5) is 0 Å². The second-order valence-electron chi connectivity index (χ2n) is 4.83. The molecule has 1 aromatic carbocycles. The summed E-state index contributed by atoms with van der Waals surface area (Å²) in [6, 6.07) is 6.11. The standard InChI is InChI=1S/C14H21BrN4O/c1-19(2)9-4-10-20-14-7-6-12(11-13(14)15)5-3-8-17-18-16/h6-7,11H,3-5,8-10H2,1-2H3. The number of rotatable bonds is 9. The fourth-order valence-electron chi connectivity index (χ4n) is 1.78. The van der Waals surface area contributed by atoms with Crippen molar-refractivity contribution in [2.45, 2.75) is 19.3 Å². The Morgan fingerprint density at radius 1 is 1.35 bits per heavy atom. The van der Waals surface area contributed by atoms with Gasteiger partial charge in [-0.05, 0) is 72.5 Å². The zero-order chi connectivity index (χ0) is 14.8. The van der Waals surface area contributed by atoms with Crippen LogP contribution in [0.5, 0.6) is 5.75 Å². The SMILES string of the molecule is CN(C)CCCOc1ccc(CCCN=[N+]=[N-])cc1Br. The van der Waals surface area contributed by atoms with E-state index in [1.165, 1.54) is 5.56 Å². The van der Waals surface area contributed by atoms with Crippen molar-refractivity contribution in [3.05, 3.63) is 38.7 Å². The Bertz CT molecular complexity index is 458. The van der Waals surface area contributed by atoms with Gasteiger partial charge in [0.25, 0.3) is 0 Å². The van der Waals surface area contributed by atoms with Crippen molar-refractivity contribution in [3.63, 3.8) is 0 Å². The summed E-state index contributed by atoms with van der Waals surface area (Å²) in [4.78, 5) is 4.89. The van der Waals surface area contributed by atoms with Gasteiger partial charge in [0.2, 0.25) is 0 Å². The van der Waals surface area contributed by atoms with E-state index in [0.29, 0.717) is 13.2 Å². The van der Waals surface area contributed by atoms with Gasteiger partial charge in [-0.1, -0.05) is 11.2 Å². The van der Waals surface area contributed by atoms with Gasteiger partial charge in [0.1, 0.15) is 5.75 Å². The van der Waals surface area contributed by atoms with Gasteiger partial charge in [-0.15, -0.1) is 0 Å². The summed E-state index contributed by atoms with van der Waals surface area (Å²) in [5.41, 5.74) is 9.43. The predicted octanol–water partition coefficient (Wildman–Crippen LogP) is 4.02. The van der Waals surface area contributed by atoms with E-state index in [2.05, 4.69) is 57.1 Å². The number of ether oxygens (including phenoxy) is 1. The molecule has 110 valence electrons. The summed E-state index contributed by atoms with van der Waals surface area (Å²) >= 11 is 3.53. The summed E-state index contributed by atoms with van der Waals surface area (Å²) in [5, 5.41) is 3.53. The van der Waals surface area contributed by atoms with E-state index in [4.69, 9.17) is 10.3 Å². The minimum absolute atomic E-state index is 0.539. The van der Waals surface area contributed by atoms with Gasteiger partial charge < -0.3 is 9.64 Å². The van der Waals surface area contributed by atoms with Crippen LogP contribution in [0, 0.1) is 0 Å². The lowest BCUT2D eigenvalue weighted by atomic mass is 10.1. The molecular weight excluding hydrogens is 320 g/mol. The highest BCUT2D eigenvalue weighted by Crippen LogP contribution is 2.26. The Labute approximate surface area is 128 Å². The smallest absolute Gasteiger partial charge is 0.133 e. The summed E-state index contributed by atoms with van der Waals surface area (Å²) in [6.45, 7) is 2.28. The highest BCUT2D eigenvalue weighted by atomic mass is 79.9. The maximum absolute atomic E-state index is 8.21. The number of aryl methyl sites for hydroxylation is 1.